The zero-order valence-corrected chi connectivity index (χ0v) is 13.5. The Morgan fingerprint density at radius 1 is 1.39 bits per heavy atom. The zero-order chi connectivity index (χ0) is 15.9. The second kappa shape index (κ2) is 8.02. The van der Waals surface area contributed by atoms with Crippen LogP contribution in [0.4, 0.5) is 0 Å². The van der Waals surface area contributed by atoms with E-state index in [0.29, 0.717) is 13.1 Å². The standard InChI is InChI=1S/C12H19N9OS/c22-11(13-3-6-23-12-7-14-17-16-12)9-21-10(15-18-19-21)8-20-4-1-2-5-20/h7H,1-6,8-9H2,(H,13,22)(H,14,16,17). The Morgan fingerprint density at radius 3 is 3.04 bits per heavy atom. The number of aromatic amines is 1. The number of rotatable bonds is 8. The maximum Gasteiger partial charge on any atom is 0.241 e. The molecule has 0 saturated carbocycles. The molecular formula is C12H19N9OS. The van der Waals surface area contributed by atoms with E-state index in [9.17, 15) is 4.79 Å². The van der Waals surface area contributed by atoms with E-state index in [1.54, 1.807) is 10.9 Å². The van der Waals surface area contributed by atoms with Gasteiger partial charge in [-0.05, 0) is 36.4 Å². The fourth-order valence-electron chi connectivity index (χ4n) is 2.40. The van der Waals surface area contributed by atoms with E-state index in [-0.39, 0.29) is 12.5 Å². The molecule has 0 bridgehead atoms. The summed E-state index contributed by atoms with van der Waals surface area (Å²) in [5.41, 5.74) is 0. The summed E-state index contributed by atoms with van der Waals surface area (Å²) in [6, 6.07) is 0. The molecule has 0 aromatic carbocycles. The number of hydrogen-bond donors (Lipinski definition) is 2. The lowest BCUT2D eigenvalue weighted by atomic mass is 10.4. The molecule has 1 aliphatic heterocycles. The summed E-state index contributed by atoms with van der Waals surface area (Å²) in [7, 11) is 0. The van der Waals surface area contributed by atoms with Gasteiger partial charge < -0.3 is 5.32 Å². The molecule has 124 valence electrons. The summed E-state index contributed by atoms with van der Waals surface area (Å²) in [6.07, 6.45) is 4.08. The van der Waals surface area contributed by atoms with Gasteiger partial charge in [-0.25, -0.2) is 4.68 Å². The molecule has 23 heavy (non-hydrogen) atoms. The highest BCUT2D eigenvalue weighted by atomic mass is 32.2. The SMILES string of the molecule is O=C(Cn1nnnc1CN1CCCC1)NCCSc1cn[nH]n1. The van der Waals surface area contributed by atoms with Gasteiger partial charge in [0.05, 0.1) is 12.7 Å². The lowest BCUT2D eigenvalue weighted by molar-refractivity contribution is -0.121. The molecule has 1 amide bonds. The predicted octanol–water partition coefficient (Wildman–Crippen LogP) is -0.704. The second-order valence-electron chi connectivity index (χ2n) is 5.24. The van der Waals surface area contributed by atoms with Crippen LogP contribution in [0.3, 0.4) is 0 Å². The van der Waals surface area contributed by atoms with Crippen molar-refractivity contribution in [3.8, 4) is 0 Å². The van der Waals surface area contributed by atoms with E-state index in [0.717, 1.165) is 29.7 Å². The first-order valence-electron chi connectivity index (χ1n) is 7.54. The molecule has 0 spiro atoms. The Kier molecular flexibility index (Phi) is 5.53. The monoisotopic (exact) mass is 337 g/mol. The first-order chi connectivity index (χ1) is 11.3. The van der Waals surface area contributed by atoms with Crippen molar-refractivity contribution in [3.05, 3.63) is 12.0 Å². The molecule has 0 unspecified atom stereocenters. The van der Waals surface area contributed by atoms with Gasteiger partial charge in [-0.2, -0.15) is 10.3 Å². The molecule has 3 heterocycles. The number of nitrogens with one attached hydrogen (secondary N) is 2. The minimum atomic E-state index is -0.0966. The third-order valence-electron chi connectivity index (χ3n) is 3.53. The average molecular weight is 337 g/mol. The summed E-state index contributed by atoms with van der Waals surface area (Å²) >= 11 is 1.53. The van der Waals surface area contributed by atoms with Crippen molar-refractivity contribution in [1.82, 2.24) is 45.8 Å². The third-order valence-corrected chi connectivity index (χ3v) is 4.43. The van der Waals surface area contributed by atoms with Crippen molar-refractivity contribution in [2.24, 2.45) is 0 Å². The number of hydrogen-bond acceptors (Lipinski definition) is 8. The fourth-order valence-corrected chi connectivity index (χ4v) is 3.04. The minimum Gasteiger partial charge on any atom is -0.354 e. The normalized spacial score (nSPS) is 15.1. The summed E-state index contributed by atoms with van der Waals surface area (Å²) in [6.45, 7) is 3.53. The predicted molar refractivity (Wildman–Crippen MR) is 82.4 cm³/mol. The number of thioether (sulfide) groups is 1. The fraction of sp³-hybridized carbons (Fsp3) is 0.667. The van der Waals surface area contributed by atoms with Crippen molar-refractivity contribution < 1.29 is 4.79 Å². The lowest BCUT2D eigenvalue weighted by Gasteiger charge is -2.13. The summed E-state index contributed by atoms with van der Waals surface area (Å²) in [4.78, 5) is 14.3. The Hall–Kier alpha value is -2.01. The van der Waals surface area contributed by atoms with E-state index in [1.807, 2.05) is 0 Å². The summed E-state index contributed by atoms with van der Waals surface area (Å²) in [5.74, 6) is 1.37. The topological polar surface area (TPSA) is 118 Å². The second-order valence-corrected chi connectivity index (χ2v) is 6.36. The van der Waals surface area contributed by atoms with Crippen LogP contribution in [-0.2, 0) is 17.9 Å². The van der Waals surface area contributed by atoms with Crippen LogP contribution >= 0.6 is 11.8 Å². The van der Waals surface area contributed by atoms with Crippen LogP contribution in [0.5, 0.6) is 0 Å². The average Bonchev–Trinajstić information content (AvgIpc) is 3.28. The molecule has 0 aliphatic carbocycles. The Bertz CT molecular complexity index is 608. The maximum absolute atomic E-state index is 12.0. The summed E-state index contributed by atoms with van der Waals surface area (Å²) < 4.78 is 1.57. The molecule has 0 atom stereocenters. The number of nitrogens with zero attached hydrogens (tertiary/aromatic N) is 7. The van der Waals surface area contributed by atoms with Crippen LogP contribution in [0.25, 0.3) is 0 Å². The molecule has 1 aliphatic rings. The number of amides is 1. The molecule has 11 heteroatoms. The molecule has 1 saturated heterocycles. The molecule has 2 aromatic heterocycles. The van der Waals surface area contributed by atoms with Gasteiger partial charge in [0, 0.05) is 12.3 Å². The van der Waals surface area contributed by atoms with Gasteiger partial charge in [-0.1, -0.05) is 0 Å². The van der Waals surface area contributed by atoms with Gasteiger partial charge in [0.1, 0.15) is 11.6 Å². The summed E-state index contributed by atoms with van der Waals surface area (Å²) in [5, 5.41) is 25.5. The third kappa shape index (κ3) is 4.73. The van der Waals surface area contributed by atoms with E-state index in [1.165, 1.54) is 24.6 Å². The van der Waals surface area contributed by atoms with Gasteiger partial charge in [0.25, 0.3) is 0 Å². The van der Waals surface area contributed by atoms with Crippen LogP contribution in [0.15, 0.2) is 11.2 Å². The van der Waals surface area contributed by atoms with Gasteiger partial charge in [0.15, 0.2) is 5.82 Å². The van der Waals surface area contributed by atoms with Crippen molar-refractivity contribution in [2.45, 2.75) is 31.0 Å². The van der Waals surface area contributed by atoms with Gasteiger partial charge in [-0.3, -0.25) is 9.69 Å². The number of aromatic nitrogens is 7. The van der Waals surface area contributed by atoms with E-state index in [4.69, 9.17) is 0 Å². The smallest absolute Gasteiger partial charge is 0.241 e. The molecular weight excluding hydrogens is 318 g/mol. The number of carbonyl (C=O) groups is 1. The maximum atomic E-state index is 12.0. The lowest BCUT2D eigenvalue weighted by Crippen LogP contribution is -2.31. The quantitative estimate of drug-likeness (QED) is 0.479. The highest BCUT2D eigenvalue weighted by molar-refractivity contribution is 7.99. The van der Waals surface area contributed by atoms with Gasteiger partial charge >= 0.3 is 0 Å². The van der Waals surface area contributed by atoms with E-state index >= 15 is 0 Å². The van der Waals surface area contributed by atoms with Crippen LogP contribution in [0, 0.1) is 0 Å². The molecule has 0 radical (unpaired) electrons. The van der Waals surface area contributed by atoms with E-state index in [2.05, 4.69) is 41.2 Å². The minimum absolute atomic E-state index is 0.0966. The van der Waals surface area contributed by atoms with Gasteiger partial charge in [-0.15, -0.1) is 22.0 Å². The van der Waals surface area contributed by atoms with Crippen molar-refractivity contribution in [1.29, 1.82) is 0 Å². The molecule has 1 fully saturated rings. The number of likely N-dealkylation sites (tertiary alicyclic amines) is 1. The molecule has 3 rings (SSSR count). The van der Waals surface area contributed by atoms with Crippen LogP contribution in [0.1, 0.15) is 18.7 Å². The number of tetrazole rings is 1. The Morgan fingerprint density at radius 2 is 2.26 bits per heavy atom. The zero-order valence-electron chi connectivity index (χ0n) is 12.7. The number of H-pyrrole nitrogens is 1. The first kappa shape index (κ1) is 15.9. The molecule has 10 nitrogen and oxygen atoms in total. The van der Waals surface area contributed by atoms with Crippen LogP contribution < -0.4 is 5.32 Å². The van der Waals surface area contributed by atoms with Crippen LogP contribution in [0.2, 0.25) is 0 Å². The Labute approximate surface area is 137 Å². The Balaban J connectivity index is 1.40. The van der Waals surface area contributed by atoms with Gasteiger partial charge in [0.2, 0.25) is 5.91 Å². The highest BCUT2D eigenvalue weighted by Gasteiger charge is 2.17. The molecule has 2 aromatic rings. The van der Waals surface area contributed by atoms with Crippen molar-refractivity contribution in [3.63, 3.8) is 0 Å². The largest absolute Gasteiger partial charge is 0.354 e. The highest BCUT2D eigenvalue weighted by Crippen LogP contribution is 2.11. The van der Waals surface area contributed by atoms with E-state index < -0.39 is 0 Å². The number of carbonyl (C=O) groups excluding carboxylic acids is 1. The first-order valence-corrected chi connectivity index (χ1v) is 8.52. The van der Waals surface area contributed by atoms with Crippen LogP contribution in [-0.4, -0.2) is 71.8 Å². The molecule has 2 N–H and O–H groups in total. The van der Waals surface area contributed by atoms with Crippen molar-refractivity contribution >= 4 is 17.7 Å². The van der Waals surface area contributed by atoms with Crippen molar-refractivity contribution in [2.75, 3.05) is 25.4 Å².